The smallest absolute Gasteiger partial charge is 0.308 e. The fourth-order valence-electron chi connectivity index (χ4n) is 11.5. The molecule has 11 aromatic carbocycles. The van der Waals surface area contributed by atoms with E-state index in [1.807, 2.05) is 213 Å². The van der Waals surface area contributed by atoms with Crippen LogP contribution < -0.4 is 0 Å². The van der Waals surface area contributed by atoms with E-state index in [9.17, 15) is 13.2 Å². The maximum absolute atomic E-state index is 14.6. The Labute approximate surface area is 516 Å². The molecular weight excluding hydrogens is 1120 g/mol. The average molecular weight is 1170 g/mol. The largest absolute Gasteiger partial charge is 0.416 e. The molecule has 0 bridgehead atoms. The zero-order chi connectivity index (χ0) is 60.7. The quantitative estimate of drug-likeness (QED) is 0.119. The van der Waals surface area contributed by atoms with Crippen LogP contribution in [0.15, 0.2) is 285 Å². The highest BCUT2D eigenvalue weighted by Crippen LogP contribution is 2.46. The Kier molecular flexibility index (Phi) is 14.0. The van der Waals surface area contributed by atoms with Crippen LogP contribution in [0.3, 0.4) is 0 Å². The maximum Gasteiger partial charge on any atom is 0.416 e. The van der Waals surface area contributed by atoms with Crippen molar-refractivity contribution >= 4 is 21.8 Å². The van der Waals surface area contributed by atoms with Crippen molar-refractivity contribution in [2.45, 2.75) is 13.1 Å². The van der Waals surface area contributed by atoms with Gasteiger partial charge in [-0.3, -0.25) is 0 Å². The van der Waals surface area contributed by atoms with Gasteiger partial charge in [0.2, 0.25) is 0 Å². The highest BCUT2D eigenvalue weighted by atomic mass is 19.4. The van der Waals surface area contributed by atoms with E-state index in [1.54, 1.807) is 12.1 Å². The molecule has 0 N–H and O–H groups in total. The summed E-state index contributed by atoms with van der Waals surface area (Å²) in [5.41, 5.74) is 14.1. The topological polar surface area (TPSA) is 108 Å². The number of alkyl halides is 3. The van der Waals surface area contributed by atoms with E-state index in [4.69, 9.17) is 39.9 Å². The molecule has 0 atom stereocenters. The molecule has 15 aromatic rings. The van der Waals surface area contributed by atoms with Crippen molar-refractivity contribution < 1.29 is 13.2 Å². The van der Waals surface area contributed by atoms with E-state index in [0.29, 0.717) is 63.3 Å². The lowest BCUT2D eigenvalue weighted by Crippen LogP contribution is -2.05. The normalized spacial score (nSPS) is 11.6. The first-order valence-corrected chi connectivity index (χ1v) is 29.4. The van der Waals surface area contributed by atoms with Crippen LogP contribution in [0.4, 0.5) is 13.2 Å². The minimum atomic E-state index is -4.58. The van der Waals surface area contributed by atoms with Crippen molar-refractivity contribution in [3.8, 4) is 130 Å². The molecule has 0 saturated carbocycles. The summed E-state index contributed by atoms with van der Waals surface area (Å²) in [6.45, 7) is 2.05. The van der Waals surface area contributed by atoms with E-state index in [-0.39, 0.29) is 0 Å². The van der Waals surface area contributed by atoms with E-state index >= 15 is 0 Å². The zero-order valence-electron chi connectivity index (χ0n) is 48.3. The lowest BCUT2D eigenvalue weighted by Gasteiger charge is -2.22. The molecule has 12 heteroatoms. The van der Waals surface area contributed by atoms with E-state index in [1.165, 1.54) is 0 Å². The Bertz CT molecular complexity index is 4770. The number of halogens is 3. The van der Waals surface area contributed by atoms with Gasteiger partial charge in [-0.15, -0.1) is 0 Å². The first-order chi connectivity index (χ1) is 44.1. The number of nitrogens with zero attached hydrogens (tertiary/aromatic N) is 9. The molecule has 4 heterocycles. The molecule has 0 aliphatic rings. The summed E-state index contributed by atoms with van der Waals surface area (Å²) in [6.07, 6.45) is -4.58. The van der Waals surface area contributed by atoms with Gasteiger partial charge in [0.15, 0.2) is 40.8 Å². The highest BCUT2D eigenvalue weighted by molar-refractivity contribution is 6.13. The highest BCUT2D eigenvalue weighted by Gasteiger charge is 2.31. The van der Waals surface area contributed by atoms with Crippen LogP contribution >= 0.6 is 0 Å². The monoisotopic (exact) mass is 1170 g/mol. The standard InChI is InChI=1S/C78H50F3N9/c1-49-32-34-50(35-33-49)62-46-60(67-48-66(52-20-8-2-9-21-52)82-71(83-67)53-22-10-3-11-23-53)47-63(51-36-40-61(41-37-51)78(79,80)81)70(62)90-68-42-38-58(76-86-72(54-24-12-4-13-25-54)84-73(87-76)55-26-14-5-15-27-55)44-64(68)65-45-59(39-43-69(65)90)77-88-74(56-28-16-6-17-29-56)85-75(89-77)57-30-18-7-19-31-57/h2-48H,1H3. The predicted molar refractivity (Wildman–Crippen MR) is 353 cm³/mol. The van der Waals surface area contributed by atoms with Gasteiger partial charge in [0, 0.05) is 72.0 Å². The summed E-state index contributed by atoms with van der Waals surface area (Å²) in [5.74, 6) is 3.51. The predicted octanol–water partition coefficient (Wildman–Crippen LogP) is 19.6. The van der Waals surface area contributed by atoms with Gasteiger partial charge in [0.1, 0.15) is 0 Å². The van der Waals surface area contributed by atoms with Crippen LogP contribution in [0.5, 0.6) is 0 Å². The van der Waals surface area contributed by atoms with Gasteiger partial charge < -0.3 is 4.57 Å². The van der Waals surface area contributed by atoms with Crippen LogP contribution in [-0.4, -0.2) is 44.4 Å². The summed E-state index contributed by atoms with van der Waals surface area (Å²) in [7, 11) is 0. The molecule has 90 heavy (non-hydrogen) atoms. The Hall–Kier alpha value is -11.9. The fraction of sp³-hybridized carbons (Fsp3) is 0.0256. The molecule has 0 aliphatic heterocycles. The van der Waals surface area contributed by atoms with Gasteiger partial charge in [-0.05, 0) is 84.8 Å². The van der Waals surface area contributed by atoms with E-state index in [0.717, 1.165) is 106 Å². The summed E-state index contributed by atoms with van der Waals surface area (Å²) in [4.78, 5) is 41.2. The fourth-order valence-corrected chi connectivity index (χ4v) is 11.5. The second-order valence-corrected chi connectivity index (χ2v) is 21.9. The van der Waals surface area contributed by atoms with Crippen LogP contribution in [0.25, 0.3) is 152 Å². The SMILES string of the molecule is Cc1ccc(-c2cc(-c3cc(-c4ccccc4)nc(-c4ccccc4)n3)cc(-c3ccc(C(F)(F)F)cc3)c2-n2c3ccc(-c4nc(-c5ccccc5)nc(-c5ccccc5)n4)cc3c3cc(-c4nc(-c5ccccc5)nc(-c5ccccc5)n4)ccc32)cc1. The molecule has 15 rings (SSSR count). The maximum atomic E-state index is 14.6. The molecule has 4 aromatic heterocycles. The second kappa shape index (κ2) is 23.1. The van der Waals surface area contributed by atoms with Gasteiger partial charge in [-0.1, -0.05) is 224 Å². The Morgan fingerprint density at radius 3 is 0.922 bits per heavy atom. The summed E-state index contributed by atoms with van der Waals surface area (Å²) in [5, 5.41) is 1.67. The Balaban J connectivity index is 1.04. The molecular formula is C78H50F3N9. The van der Waals surface area contributed by atoms with Gasteiger partial charge in [-0.2, -0.15) is 13.2 Å². The molecule has 0 amide bonds. The number of hydrogen-bond acceptors (Lipinski definition) is 8. The average Bonchev–Trinajstić information content (AvgIpc) is 1.84. The third-order valence-electron chi connectivity index (χ3n) is 16.0. The minimum absolute atomic E-state index is 0.462. The Morgan fingerprint density at radius 2 is 0.567 bits per heavy atom. The summed E-state index contributed by atoms with van der Waals surface area (Å²) in [6, 6.07) is 91.6. The van der Waals surface area contributed by atoms with Crippen LogP contribution in [0.2, 0.25) is 0 Å². The molecule has 0 radical (unpaired) electrons. The summed E-state index contributed by atoms with van der Waals surface area (Å²) >= 11 is 0. The molecule has 9 nitrogen and oxygen atoms in total. The van der Waals surface area contributed by atoms with Crippen molar-refractivity contribution in [1.29, 1.82) is 0 Å². The number of fused-ring (bicyclic) bond motifs is 3. The Morgan fingerprint density at radius 1 is 0.267 bits per heavy atom. The molecule has 0 saturated heterocycles. The minimum Gasteiger partial charge on any atom is -0.308 e. The third kappa shape index (κ3) is 10.7. The van der Waals surface area contributed by atoms with Crippen LogP contribution in [0.1, 0.15) is 11.1 Å². The van der Waals surface area contributed by atoms with Gasteiger partial charge in [0.05, 0.1) is 33.7 Å². The number of rotatable bonds is 12. The second-order valence-electron chi connectivity index (χ2n) is 21.9. The van der Waals surface area contributed by atoms with Gasteiger partial charge in [-0.25, -0.2) is 39.9 Å². The number of benzene rings is 11. The molecule has 0 spiro atoms. The lowest BCUT2D eigenvalue weighted by atomic mass is 9.91. The van der Waals surface area contributed by atoms with Gasteiger partial charge in [0.25, 0.3) is 0 Å². The first-order valence-electron chi connectivity index (χ1n) is 29.4. The van der Waals surface area contributed by atoms with Crippen molar-refractivity contribution in [1.82, 2.24) is 44.4 Å². The van der Waals surface area contributed by atoms with Crippen LogP contribution in [0, 0.1) is 6.92 Å². The third-order valence-corrected chi connectivity index (χ3v) is 16.0. The molecule has 0 aliphatic carbocycles. The van der Waals surface area contributed by atoms with Crippen LogP contribution in [-0.2, 0) is 6.18 Å². The number of aromatic nitrogens is 9. The van der Waals surface area contributed by atoms with Crippen molar-refractivity contribution in [3.05, 3.63) is 296 Å². The molecule has 0 fully saturated rings. The zero-order valence-corrected chi connectivity index (χ0v) is 48.3. The van der Waals surface area contributed by atoms with Crippen molar-refractivity contribution in [2.24, 2.45) is 0 Å². The number of aryl methyl sites for hydroxylation is 1. The molecule has 0 unspecified atom stereocenters. The molecule has 428 valence electrons. The lowest BCUT2D eigenvalue weighted by molar-refractivity contribution is -0.137. The van der Waals surface area contributed by atoms with E-state index < -0.39 is 11.7 Å². The van der Waals surface area contributed by atoms with Crippen molar-refractivity contribution in [2.75, 3.05) is 0 Å². The van der Waals surface area contributed by atoms with Gasteiger partial charge >= 0.3 is 6.18 Å². The van der Waals surface area contributed by atoms with E-state index in [2.05, 4.69) is 59.2 Å². The van der Waals surface area contributed by atoms with Crippen molar-refractivity contribution in [3.63, 3.8) is 0 Å². The summed E-state index contributed by atoms with van der Waals surface area (Å²) < 4.78 is 46.1. The number of hydrogen-bond donors (Lipinski definition) is 0. The first kappa shape index (κ1) is 54.7.